The lowest BCUT2D eigenvalue weighted by molar-refractivity contribution is -0.137. The van der Waals surface area contributed by atoms with Gasteiger partial charge < -0.3 is 15.0 Å². The molecule has 186 valence electrons. The summed E-state index contributed by atoms with van der Waals surface area (Å²) in [6.07, 6.45) is 6.10. The molecule has 2 atom stereocenters. The molecule has 2 aromatic carbocycles. The van der Waals surface area contributed by atoms with Crippen LogP contribution in [0, 0.1) is 5.92 Å². The van der Waals surface area contributed by atoms with Crippen molar-refractivity contribution in [3.8, 4) is 5.75 Å². The monoisotopic (exact) mass is 483 g/mol. The second kappa shape index (κ2) is 10.9. The van der Waals surface area contributed by atoms with Gasteiger partial charge in [0, 0.05) is 18.7 Å². The lowest BCUT2D eigenvalue weighted by Gasteiger charge is -2.39. The molecule has 1 aliphatic carbocycles. The van der Waals surface area contributed by atoms with Crippen LogP contribution in [0.3, 0.4) is 0 Å². The number of nitrogens with zero attached hydrogens (tertiary/aromatic N) is 2. The normalized spacial score (nSPS) is 18.4. The maximum absolute atomic E-state index is 13.6. The summed E-state index contributed by atoms with van der Waals surface area (Å²) in [5.74, 6) is 0.821. The Hall–Kier alpha value is -3.67. The van der Waals surface area contributed by atoms with E-state index in [1.165, 1.54) is 5.56 Å². The zero-order chi connectivity index (χ0) is 24.9. The molecule has 1 saturated carbocycles. The minimum atomic E-state index is -0.665. The molecule has 36 heavy (non-hydrogen) atoms. The zero-order valence-corrected chi connectivity index (χ0v) is 20.7. The standard InChI is InChI=1S/C30H33N3O3/c1-21(29(34)32-20-25-13-7-8-17-31-25)36-26-15-14-22-16-18-33(30(35)24-11-5-6-12-24)28(27(22)19-26)23-9-3-2-4-10-23/h2-4,7-10,13-15,17,19,21,24,28H,5-6,11-12,16,18,20H2,1H3,(H,32,34). The fourth-order valence-corrected chi connectivity index (χ4v) is 5.39. The van der Waals surface area contributed by atoms with Crippen LogP contribution in [0.1, 0.15) is 61.0 Å². The van der Waals surface area contributed by atoms with Crippen LogP contribution in [0.5, 0.6) is 5.75 Å². The topological polar surface area (TPSA) is 71.5 Å². The zero-order valence-electron chi connectivity index (χ0n) is 20.7. The van der Waals surface area contributed by atoms with Crippen LogP contribution in [0.25, 0.3) is 0 Å². The van der Waals surface area contributed by atoms with Crippen molar-refractivity contribution in [3.63, 3.8) is 0 Å². The summed E-state index contributed by atoms with van der Waals surface area (Å²) in [6.45, 7) is 2.82. The number of ether oxygens (including phenoxy) is 1. The molecule has 6 heteroatoms. The molecule has 3 aromatic rings. The minimum Gasteiger partial charge on any atom is -0.481 e. The Balaban J connectivity index is 1.36. The van der Waals surface area contributed by atoms with Crippen molar-refractivity contribution in [2.45, 2.75) is 57.7 Å². The Bertz CT molecular complexity index is 1190. The Labute approximate surface area is 212 Å². The molecular formula is C30H33N3O3. The van der Waals surface area contributed by atoms with Crippen LogP contribution in [-0.2, 0) is 22.6 Å². The summed E-state index contributed by atoms with van der Waals surface area (Å²) in [6, 6.07) is 21.7. The summed E-state index contributed by atoms with van der Waals surface area (Å²) < 4.78 is 6.07. The Morgan fingerprint density at radius 1 is 1.06 bits per heavy atom. The predicted molar refractivity (Wildman–Crippen MR) is 138 cm³/mol. The average Bonchev–Trinajstić information content (AvgIpc) is 3.47. The third-order valence-corrected chi connectivity index (χ3v) is 7.30. The minimum absolute atomic E-state index is 0.125. The number of carbonyl (C=O) groups excluding carboxylic acids is 2. The van der Waals surface area contributed by atoms with E-state index in [0.717, 1.165) is 48.9 Å². The molecule has 6 nitrogen and oxygen atoms in total. The van der Waals surface area contributed by atoms with E-state index < -0.39 is 6.10 Å². The van der Waals surface area contributed by atoms with E-state index in [0.29, 0.717) is 18.8 Å². The maximum Gasteiger partial charge on any atom is 0.261 e. The van der Waals surface area contributed by atoms with Crippen LogP contribution in [0.15, 0.2) is 72.9 Å². The van der Waals surface area contributed by atoms with Gasteiger partial charge in [-0.3, -0.25) is 14.6 Å². The SMILES string of the molecule is CC(Oc1ccc2c(c1)C(c1ccccc1)N(C(=O)C1CCCC1)CC2)C(=O)NCc1ccccn1. The number of aromatic nitrogens is 1. The Kier molecular flexibility index (Phi) is 7.31. The van der Waals surface area contributed by atoms with E-state index in [1.54, 1.807) is 13.1 Å². The first-order chi connectivity index (χ1) is 17.6. The number of rotatable bonds is 7. The molecule has 5 rings (SSSR count). The van der Waals surface area contributed by atoms with Gasteiger partial charge in [0.25, 0.3) is 5.91 Å². The molecule has 2 heterocycles. The molecule has 2 unspecified atom stereocenters. The predicted octanol–water partition coefficient (Wildman–Crippen LogP) is 4.83. The lowest BCUT2D eigenvalue weighted by atomic mass is 9.87. The Morgan fingerprint density at radius 2 is 1.83 bits per heavy atom. The van der Waals surface area contributed by atoms with Crippen molar-refractivity contribution >= 4 is 11.8 Å². The van der Waals surface area contributed by atoms with Gasteiger partial charge in [-0.25, -0.2) is 0 Å². The average molecular weight is 484 g/mol. The molecule has 1 N–H and O–H groups in total. The van der Waals surface area contributed by atoms with Gasteiger partial charge in [-0.2, -0.15) is 0 Å². The highest BCUT2D eigenvalue weighted by molar-refractivity contribution is 5.81. The van der Waals surface area contributed by atoms with Gasteiger partial charge in [0.1, 0.15) is 5.75 Å². The quantitative estimate of drug-likeness (QED) is 0.523. The van der Waals surface area contributed by atoms with Gasteiger partial charge in [0.15, 0.2) is 6.10 Å². The van der Waals surface area contributed by atoms with E-state index >= 15 is 0 Å². The van der Waals surface area contributed by atoms with E-state index in [2.05, 4.69) is 33.4 Å². The Morgan fingerprint density at radius 3 is 2.58 bits per heavy atom. The first-order valence-corrected chi connectivity index (χ1v) is 12.9. The molecule has 0 spiro atoms. The number of pyridine rings is 1. The van der Waals surface area contributed by atoms with Gasteiger partial charge >= 0.3 is 0 Å². The molecular weight excluding hydrogens is 450 g/mol. The van der Waals surface area contributed by atoms with Crippen LogP contribution < -0.4 is 10.1 Å². The molecule has 1 aliphatic heterocycles. The molecule has 2 aliphatic rings. The number of nitrogens with one attached hydrogen (secondary N) is 1. The van der Waals surface area contributed by atoms with Crippen molar-refractivity contribution < 1.29 is 14.3 Å². The smallest absolute Gasteiger partial charge is 0.261 e. The van der Waals surface area contributed by atoms with Gasteiger partial charge in [-0.15, -0.1) is 0 Å². The molecule has 0 bridgehead atoms. The van der Waals surface area contributed by atoms with Crippen LogP contribution >= 0.6 is 0 Å². The maximum atomic E-state index is 13.6. The highest BCUT2D eigenvalue weighted by Crippen LogP contribution is 2.39. The lowest BCUT2D eigenvalue weighted by Crippen LogP contribution is -2.43. The summed E-state index contributed by atoms with van der Waals surface area (Å²) in [5, 5.41) is 2.89. The van der Waals surface area contributed by atoms with Gasteiger partial charge in [-0.1, -0.05) is 55.3 Å². The number of benzene rings is 2. The highest BCUT2D eigenvalue weighted by atomic mass is 16.5. The third kappa shape index (κ3) is 5.27. The van der Waals surface area contributed by atoms with Gasteiger partial charge in [-0.05, 0) is 67.1 Å². The van der Waals surface area contributed by atoms with Crippen molar-refractivity contribution in [1.82, 2.24) is 15.2 Å². The van der Waals surface area contributed by atoms with Crippen LogP contribution in [0.4, 0.5) is 0 Å². The first kappa shape index (κ1) is 24.0. The van der Waals surface area contributed by atoms with Crippen molar-refractivity contribution in [2.75, 3.05) is 6.54 Å². The molecule has 2 amide bonds. The highest BCUT2D eigenvalue weighted by Gasteiger charge is 2.36. The number of fused-ring (bicyclic) bond motifs is 1. The fraction of sp³-hybridized carbons (Fsp3) is 0.367. The fourth-order valence-electron chi connectivity index (χ4n) is 5.39. The summed E-state index contributed by atoms with van der Waals surface area (Å²) >= 11 is 0. The van der Waals surface area contributed by atoms with Gasteiger partial charge in [0.05, 0.1) is 18.3 Å². The molecule has 0 saturated heterocycles. The number of amides is 2. The summed E-state index contributed by atoms with van der Waals surface area (Å²) in [5.41, 5.74) is 4.20. The summed E-state index contributed by atoms with van der Waals surface area (Å²) in [7, 11) is 0. The van der Waals surface area contributed by atoms with Crippen molar-refractivity contribution in [1.29, 1.82) is 0 Å². The van der Waals surface area contributed by atoms with E-state index in [4.69, 9.17) is 4.74 Å². The second-order valence-electron chi connectivity index (χ2n) is 9.74. The van der Waals surface area contributed by atoms with Crippen molar-refractivity contribution in [2.24, 2.45) is 5.92 Å². The van der Waals surface area contributed by atoms with E-state index in [-0.39, 0.29) is 23.8 Å². The molecule has 0 radical (unpaired) electrons. The largest absolute Gasteiger partial charge is 0.481 e. The number of hydrogen-bond acceptors (Lipinski definition) is 4. The molecule has 1 aromatic heterocycles. The summed E-state index contributed by atoms with van der Waals surface area (Å²) in [4.78, 5) is 32.5. The van der Waals surface area contributed by atoms with Crippen LogP contribution in [0.2, 0.25) is 0 Å². The van der Waals surface area contributed by atoms with Gasteiger partial charge in [0.2, 0.25) is 5.91 Å². The third-order valence-electron chi connectivity index (χ3n) is 7.30. The first-order valence-electron chi connectivity index (χ1n) is 12.9. The van der Waals surface area contributed by atoms with Crippen LogP contribution in [-0.4, -0.2) is 34.3 Å². The second-order valence-corrected chi connectivity index (χ2v) is 9.74. The number of hydrogen-bond donors (Lipinski definition) is 1. The van der Waals surface area contributed by atoms with Crippen molar-refractivity contribution in [3.05, 3.63) is 95.3 Å². The van der Waals surface area contributed by atoms with E-state index in [1.807, 2.05) is 48.5 Å². The molecule has 1 fully saturated rings. The van der Waals surface area contributed by atoms with E-state index in [9.17, 15) is 9.59 Å². The number of carbonyl (C=O) groups is 2.